The number of carboxylic acid groups (broad SMARTS) is 1. The number of aliphatic imine (C=N–C) groups is 1. The summed E-state index contributed by atoms with van der Waals surface area (Å²) in [6.07, 6.45) is 1.74. The van der Waals surface area contributed by atoms with Crippen LogP contribution in [0.1, 0.15) is 29.8 Å². The van der Waals surface area contributed by atoms with Gasteiger partial charge in [-0.2, -0.15) is 0 Å². The lowest BCUT2D eigenvalue weighted by Crippen LogP contribution is -2.28. The van der Waals surface area contributed by atoms with E-state index in [1.54, 1.807) is 23.1 Å². The Kier molecular flexibility index (Phi) is 4.80. The Balaban J connectivity index is 2.27. The highest BCUT2D eigenvalue weighted by Gasteiger charge is 2.31. The standard InChI is InChI=1S/C15H16N2O3S/c1-3-16-15-17(4-2)13(18)12(21-15)9-10-5-7-11(8-6-10)14(19)20/h5-9H,3-4H2,1-2H3,(H,19,20)/p-1/b12-9-,16-15?. The molecule has 1 aliphatic heterocycles. The van der Waals surface area contributed by atoms with Crippen LogP contribution in [0.15, 0.2) is 34.2 Å². The number of amides is 1. The lowest BCUT2D eigenvalue weighted by Gasteiger charge is -2.11. The van der Waals surface area contributed by atoms with Gasteiger partial charge in [-0.25, -0.2) is 0 Å². The number of carboxylic acids is 1. The monoisotopic (exact) mass is 303 g/mol. The summed E-state index contributed by atoms with van der Waals surface area (Å²) in [5.74, 6) is -1.28. The average Bonchev–Trinajstić information content (AvgIpc) is 2.75. The molecule has 2 rings (SSSR count). The normalized spacial score (nSPS) is 18.8. The van der Waals surface area contributed by atoms with Crippen molar-refractivity contribution >= 4 is 34.9 Å². The molecule has 0 aliphatic carbocycles. The number of benzene rings is 1. The van der Waals surface area contributed by atoms with E-state index < -0.39 is 5.97 Å². The number of likely N-dealkylation sites (N-methyl/N-ethyl adjacent to an activating group) is 1. The van der Waals surface area contributed by atoms with E-state index in [1.165, 1.54) is 23.9 Å². The van der Waals surface area contributed by atoms with Gasteiger partial charge in [0.15, 0.2) is 5.17 Å². The van der Waals surface area contributed by atoms with Crippen LogP contribution in [0.4, 0.5) is 0 Å². The van der Waals surface area contributed by atoms with E-state index in [0.717, 1.165) is 5.56 Å². The zero-order valence-corrected chi connectivity index (χ0v) is 12.6. The number of amidine groups is 1. The number of thioether (sulfide) groups is 1. The Hall–Kier alpha value is -2.08. The van der Waals surface area contributed by atoms with Gasteiger partial charge in [-0.05, 0) is 42.8 Å². The molecule has 0 spiro atoms. The Labute approximate surface area is 127 Å². The van der Waals surface area contributed by atoms with Gasteiger partial charge in [-0.1, -0.05) is 24.3 Å². The molecule has 1 aliphatic rings. The molecule has 110 valence electrons. The van der Waals surface area contributed by atoms with Crippen molar-refractivity contribution in [2.24, 2.45) is 4.99 Å². The Bertz CT molecular complexity index is 620. The minimum Gasteiger partial charge on any atom is -0.545 e. The zero-order chi connectivity index (χ0) is 15.4. The number of aromatic carboxylic acids is 1. The summed E-state index contributed by atoms with van der Waals surface area (Å²) >= 11 is 1.34. The molecule has 0 saturated carbocycles. The Morgan fingerprint density at radius 1 is 1.33 bits per heavy atom. The number of carbonyl (C=O) groups is 2. The van der Waals surface area contributed by atoms with Crippen LogP contribution in [0.25, 0.3) is 6.08 Å². The molecule has 0 atom stereocenters. The fraction of sp³-hybridized carbons (Fsp3) is 0.267. The van der Waals surface area contributed by atoms with Gasteiger partial charge in [0.1, 0.15) is 0 Å². The average molecular weight is 303 g/mol. The van der Waals surface area contributed by atoms with Gasteiger partial charge in [0.05, 0.1) is 10.9 Å². The SMILES string of the molecule is CCN=C1S/C(=C\c2ccc(C(=O)[O-])cc2)C(=O)N1CC. The minimum atomic E-state index is -1.21. The molecule has 5 nitrogen and oxygen atoms in total. The zero-order valence-electron chi connectivity index (χ0n) is 11.8. The molecular formula is C15H15N2O3S-. The van der Waals surface area contributed by atoms with Gasteiger partial charge in [0, 0.05) is 13.1 Å². The Morgan fingerprint density at radius 2 is 2.00 bits per heavy atom. The van der Waals surface area contributed by atoms with Crippen molar-refractivity contribution in [3.8, 4) is 0 Å². The van der Waals surface area contributed by atoms with Crippen LogP contribution >= 0.6 is 11.8 Å². The van der Waals surface area contributed by atoms with Gasteiger partial charge >= 0.3 is 0 Å². The molecule has 1 fully saturated rings. The molecule has 0 bridgehead atoms. The third kappa shape index (κ3) is 3.33. The second-order valence-electron chi connectivity index (χ2n) is 4.33. The summed E-state index contributed by atoms with van der Waals surface area (Å²) < 4.78 is 0. The van der Waals surface area contributed by atoms with Gasteiger partial charge in [0.25, 0.3) is 5.91 Å². The summed E-state index contributed by atoms with van der Waals surface area (Å²) in [6.45, 7) is 5.03. The summed E-state index contributed by atoms with van der Waals surface area (Å²) in [6, 6.07) is 6.23. The first-order valence-corrected chi connectivity index (χ1v) is 7.45. The number of hydrogen-bond acceptors (Lipinski definition) is 5. The maximum atomic E-state index is 12.3. The maximum absolute atomic E-state index is 12.3. The molecule has 1 heterocycles. The van der Waals surface area contributed by atoms with E-state index in [2.05, 4.69) is 4.99 Å². The van der Waals surface area contributed by atoms with Crippen LogP contribution in [0.2, 0.25) is 0 Å². The predicted molar refractivity (Wildman–Crippen MR) is 81.7 cm³/mol. The highest BCUT2D eigenvalue weighted by Crippen LogP contribution is 2.32. The molecule has 0 N–H and O–H groups in total. The molecule has 0 aromatic heterocycles. The number of hydrogen-bond donors (Lipinski definition) is 0. The van der Waals surface area contributed by atoms with Crippen molar-refractivity contribution in [3.63, 3.8) is 0 Å². The minimum absolute atomic E-state index is 0.0707. The summed E-state index contributed by atoms with van der Waals surface area (Å²) in [4.78, 5) is 29.5. The number of carbonyl (C=O) groups excluding carboxylic acids is 2. The van der Waals surface area contributed by atoms with E-state index >= 15 is 0 Å². The van der Waals surface area contributed by atoms with Crippen LogP contribution in [0.5, 0.6) is 0 Å². The van der Waals surface area contributed by atoms with E-state index in [9.17, 15) is 14.7 Å². The van der Waals surface area contributed by atoms with Crippen LogP contribution in [-0.2, 0) is 4.79 Å². The van der Waals surface area contributed by atoms with Gasteiger partial charge in [0.2, 0.25) is 0 Å². The third-order valence-corrected chi connectivity index (χ3v) is 3.99. The van der Waals surface area contributed by atoms with Crippen LogP contribution in [0, 0.1) is 0 Å². The predicted octanol–water partition coefficient (Wildman–Crippen LogP) is 1.36. The first-order valence-electron chi connectivity index (χ1n) is 6.64. The first-order chi connectivity index (χ1) is 10.1. The third-order valence-electron chi connectivity index (χ3n) is 2.94. The second kappa shape index (κ2) is 6.58. The summed E-state index contributed by atoms with van der Waals surface area (Å²) in [5, 5.41) is 11.4. The van der Waals surface area contributed by atoms with Crippen LogP contribution in [-0.4, -0.2) is 35.0 Å². The molecular weight excluding hydrogens is 288 g/mol. The van der Waals surface area contributed by atoms with Gasteiger partial charge in [-0.15, -0.1) is 0 Å². The molecule has 0 unspecified atom stereocenters. The van der Waals surface area contributed by atoms with Crippen molar-refractivity contribution in [1.29, 1.82) is 0 Å². The number of rotatable bonds is 4. The van der Waals surface area contributed by atoms with E-state index in [4.69, 9.17) is 0 Å². The molecule has 1 saturated heterocycles. The van der Waals surface area contributed by atoms with Crippen molar-refractivity contribution < 1.29 is 14.7 Å². The molecule has 0 radical (unpaired) electrons. The first kappa shape index (κ1) is 15.3. The van der Waals surface area contributed by atoms with Crippen molar-refractivity contribution in [3.05, 3.63) is 40.3 Å². The molecule has 1 aromatic carbocycles. The van der Waals surface area contributed by atoms with Crippen molar-refractivity contribution in [2.45, 2.75) is 13.8 Å². The maximum Gasteiger partial charge on any atom is 0.266 e. The highest BCUT2D eigenvalue weighted by molar-refractivity contribution is 8.18. The quantitative estimate of drug-likeness (QED) is 0.787. The fourth-order valence-electron chi connectivity index (χ4n) is 1.91. The molecule has 1 aromatic rings. The smallest absolute Gasteiger partial charge is 0.266 e. The fourth-order valence-corrected chi connectivity index (χ4v) is 3.01. The molecule has 6 heteroatoms. The van der Waals surface area contributed by atoms with Crippen molar-refractivity contribution in [1.82, 2.24) is 4.90 Å². The van der Waals surface area contributed by atoms with E-state index in [0.29, 0.717) is 23.2 Å². The lowest BCUT2D eigenvalue weighted by molar-refractivity contribution is -0.255. The largest absolute Gasteiger partial charge is 0.545 e. The van der Waals surface area contributed by atoms with E-state index in [-0.39, 0.29) is 11.5 Å². The summed E-state index contributed by atoms with van der Waals surface area (Å²) in [5.41, 5.74) is 0.885. The Morgan fingerprint density at radius 3 is 2.52 bits per heavy atom. The van der Waals surface area contributed by atoms with Gasteiger partial charge in [-0.3, -0.25) is 14.7 Å². The highest BCUT2D eigenvalue weighted by atomic mass is 32.2. The second-order valence-corrected chi connectivity index (χ2v) is 5.34. The lowest BCUT2D eigenvalue weighted by atomic mass is 10.1. The van der Waals surface area contributed by atoms with Crippen LogP contribution < -0.4 is 5.11 Å². The van der Waals surface area contributed by atoms with E-state index in [1.807, 2.05) is 13.8 Å². The summed E-state index contributed by atoms with van der Waals surface area (Å²) in [7, 11) is 0. The topological polar surface area (TPSA) is 72.8 Å². The van der Waals surface area contributed by atoms with Crippen molar-refractivity contribution in [2.75, 3.05) is 13.1 Å². The molecule has 1 amide bonds. The van der Waals surface area contributed by atoms with Gasteiger partial charge < -0.3 is 9.90 Å². The molecule has 21 heavy (non-hydrogen) atoms. The number of nitrogens with zero attached hydrogens (tertiary/aromatic N) is 2. The van der Waals surface area contributed by atoms with Crippen LogP contribution in [0.3, 0.4) is 0 Å².